The van der Waals surface area contributed by atoms with Gasteiger partial charge in [0.1, 0.15) is 11.6 Å². The zero-order valence-corrected chi connectivity index (χ0v) is 10.6. The molecule has 0 unspecified atom stereocenters. The number of hydrogen-bond donors (Lipinski definition) is 2. The number of aromatic amines is 1. The molecule has 1 aromatic heterocycles. The molecule has 96 valence electrons. The van der Waals surface area contributed by atoms with Crippen molar-refractivity contribution in [1.82, 2.24) is 9.97 Å². The van der Waals surface area contributed by atoms with Gasteiger partial charge in [-0.3, -0.25) is 0 Å². The molecule has 1 heterocycles. The van der Waals surface area contributed by atoms with E-state index < -0.39 is 11.0 Å². The minimum Gasteiger partial charge on any atom is -0.384 e. The van der Waals surface area contributed by atoms with Crippen LogP contribution >= 0.6 is 0 Å². The molecule has 0 fully saturated rings. The molecule has 1 N–H and O–H groups in total. The summed E-state index contributed by atoms with van der Waals surface area (Å²) in [6.07, 6.45) is 0. The van der Waals surface area contributed by atoms with Crippen LogP contribution in [0.2, 0.25) is 0 Å². The lowest BCUT2D eigenvalue weighted by Gasteiger charge is -1.95. The van der Waals surface area contributed by atoms with E-state index in [-0.39, 0.29) is 5.75 Å². The lowest BCUT2D eigenvalue weighted by molar-refractivity contribution is 0.511. The van der Waals surface area contributed by atoms with E-state index >= 15 is 0 Å². The van der Waals surface area contributed by atoms with Crippen molar-refractivity contribution in [2.45, 2.75) is 0 Å². The molecule has 19 heavy (non-hydrogen) atoms. The molecule has 0 atom stereocenters. The van der Waals surface area contributed by atoms with Crippen LogP contribution in [0.4, 0.5) is 0 Å². The molecule has 3 rings (SSSR count). The Hall–Kier alpha value is -2.34. The largest absolute Gasteiger partial charge is 0.384 e. The van der Waals surface area contributed by atoms with Crippen molar-refractivity contribution in [3.8, 4) is 17.1 Å². The maximum Gasteiger partial charge on any atom is 0.299 e. The third-order valence-corrected chi connectivity index (χ3v) is 3.04. The summed E-state index contributed by atoms with van der Waals surface area (Å²) in [4.78, 5) is 7.59. The van der Waals surface area contributed by atoms with Gasteiger partial charge in [0, 0.05) is 11.6 Å². The van der Waals surface area contributed by atoms with Crippen molar-refractivity contribution in [3.05, 3.63) is 48.5 Å². The number of hydrogen-bond acceptors (Lipinski definition) is 4. The molecule has 0 radical (unpaired) electrons. The van der Waals surface area contributed by atoms with Gasteiger partial charge in [-0.05, 0) is 12.1 Å². The van der Waals surface area contributed by atoms with Crippen LogP contribution in [0.25, 0.3) is 22.4 Å². The van der Waals surface area contributed by atoms with E-state index in [1.54, 1.807) is 18.2 Å². The Morgan fingerprint density at radius 1 is 1.05 bits per heavy atom. The molecule has 0 spiro atoms. The summed E-state index contributed by atoms with van der Waals surface area (Å²) < 4.78 is 25.7. The number of thiol groups is 1. The van der Waals surface area contributed by atoms with E-state index in [0.29, 0.717) is 5.52 Å². The molecule has 0 saturated carbocycles. The Morgan fingerprint density at radius 3 is 2.58 bits per heavy atom. The highest BCUT2D eigenvalue weighted by atomic mass is 32.2. The molecule has 0 aliphatic carbocycles. The van der Waals surface area contributed by atoms with Crippen molar-refractivity contribution in [3.63, 3.8) is 0 Å². The molecule has 6 heteroatoms. The van der Waals surface area contributed by atoms with Gasteiger partial charge >= 0.3 is 0 Å². The monoisotopic (exact) mass is 274 g/mol. The summed E-state index contributed by atoms with van der Waals surface area (Å²) in [6.45, 7) is 0. The van der Waals surface area contributed by atoms with E-state index in [0.717, 1.165) is 16.9 Å². The first-order valence-electron chi connectivity index (χ1n) is 5.60. The van der Waals surface area contributed by atoms with Gasteiger partial charge in [0.15, 0.2) is 0 Å². The van der Waals surface area contributed by atoms with E-state index in [9.17, 15) is 8.42 Å². The van der Waals surface area contributed by atoms with Gasteiger partial charge in [-0.2, -0.15) is 8.42 Å². The van der Waals surface area contributed by atoms with Crippen molar-refractivity contribution in [1.29, 1.82) is 0 Å². The molecule has 3 aromatic rings. The maximum atomic E-state index is 10.5. The number of H-pyrrole nitrogens is 1. The highest BCUT2D eigenvalue weighted by Crippen LogP contribution is 2.23. The highest BCUT2D eigenvalue weighted by Gasteiger charge is 2.06. The number of fused-ring (bicyclic) bond motifs is 1. The van der Waals surface area contributed by atoms with Crippen molar-refractivity contribution in [2.24, 2.45) is 0 Å². The van der Waals surface area contributed by atoms with Crippen LogP contribution in [-0.4, -0.2) is 18.4 Å². The molecule has 0 bridgehead atoms. The smallest absolute Gasteiger partial charge is 0.299 e. The van der Waals surface area contributed by atoms with Gasteiger partial charge in [0.25, 0.3) is 11.0 Å². The van der Waals surface area contributed by atoms with Gasteiger partial charge in [0.05, 0.1) is 11.0 Å². The van der Waals surface area contributed by atoms with Crippen LogP contribution in [-0.2, 0) is 11.0 Å². The molecule has 2 aromatic carbocycles. The lowest BCUT2D eigenvalue weighted by Crippen LogP contribution is -1.89. The number of aromatic nitrogens is 2. The second-order valence-electron chi connectivity index (χ2n) is 3.95. The summed E-state index contributed by atoms with van der Waals surface area (Å²) >= 11 is 0. The molecular weight excluding hydrogens is 264 g/mol. The summed E-state index contributed by atoms with van der Waals surface area (Å²) in [5, 5.41) is 0. The number of nitrogens with one attached hydrogen (secondary N) is 1. The van der Waals surface area contributed by atoms with Gasteiger partial charge in [-0.25, -0.2) is 4.98 Å². The first-order chi connectivity index (χ1) is 9.22. The highest BCUT2D eigenvalue weighted by molar-refractivity contribution is 7.67. The third kappa shape index (κ3) is 2.43. The average Bonchev–Trinajstić information content (AvgIpc) is 2.82. The second kappa shape index (κ2) is 4.74. The Kier molecular flexibility index (Phi) is 2.92. The Bertz CT molecular complexity index is 786. The van der Waals surface area contributed by atoms with E-state index in [1.807, 2.05) is 30.3 Å². The van der Waals surface area contributed by atoms with Crippen LogP contribution in [0, 0.1) is 0 Å². The molecule has 0 saturated heterocycles. The fourth-order valence-electron chi connectivity index (χ4n) is 1.86. The second-order valence-corrected chi connectivity index (χ2v) is 4.58. The third-order valence-electron chi connectivity index (χ3n) is 2.68. The summed E-state index contributed by atoms with van der Waals surface area (Å²) in [5.41, 5.74) is 2.46. The average molecular weight is 274 g/mol. The van der Waals surface area contributed by atoms with E-state index in [4.69, 9.17) is 0 Å². The van der Waals surface area contributed by atoms with Gasteiger partial charge in [0.2, 0.25) is 0 Å². The number of benzene rings is 2. The Morgan fingerprint density at radius 2 is 1.84 bits per heavy atom. The molecule has 5 nitrogen and oxygen atoms in total. The first-order valence-corrected chi connectivity index (χ1v) is 6.69. The van der Waals surface area contributed by atoms with Crippen molar-refractivity contribution in [2.75, 3.05) is 0 Å². The quantitative estimate of drug-likeness (QED) is 0.718. The number of imidazole rings is 1. The molecular formula is C13H10N2O3S. The molecule has 0 amide bonds. The molecule has 0 aliphatic heterocycles. The zero-order valence-electron chi connectivity index (χ0n) is 9.74. The SMILES string of the molecule is O=[SH](=O)Oc1ccc2[nH]c(-c3ccccc3)nc2c1. The van der Waals surface area contributed by atoms with Crippen LogP contribution < -0.4 is 4.18 Å². The predicted octanol–water partition coefficient (Wildman–Crippen LogP) is 2.14. The standard InChI is InChI=1S/C13H10N2O3S/c16-19(17)18-10-6-7-11-12(8-10)15-13(14-11)9-4-2-1-3-5-9/h1-8,19H,(H,14,15). The fraction of sp³-hybridized carbons (Fsp3) is 0. The maximum absolute atomic E-state index is 10.5. The van der Waals surface area contributed by atoms with E-state index in [1.165, 1.54) is 0 Å². The first kappa shape index (κ1) is 11.7. The fourth-order valence-corrected chi connectivity index (χ4v) is 2.15. The predicted molar refractivity (Wildman–Crippen MR) is 72.5 cm³/mol. The van der Waals surface area contributed by atoms with Crippen LogP contribution in [0.3, 0.4) is 0 Å². The van der Waals surface area contributed by atoms with Crippen LogP contribution in [0.5, 0.6) is 5.75 Å². The summed E-state index contributed by atoms with van der Waals surface area (Å²) in [7, 11) is -2.91. The minimum absolute atomic E-state index is 0.259. The number of nitrogens with zero attached hydrogens (tertiary/aromatic N) is 1. The van der Waals surface area contributed by atoms with Crippen molar-refractivity contribution >= 4 is 22.0 Å². The van der Waals surface area contributed by atoms with Crippen LogP contribution in [0.1, 0.15) is 0 Å². The van der Waals surface area contributed by atoms with Crippen LogP contribution in [0.15, 0.2) is 48.5 Å². The van der Waals surface area contributed by atoms with E-state index in [2.05, 4.69) is 14.2 Å². The lowest BCUT2D eigenvalue weighted by atomic mass is 10.2. The van der Waals surface area contributed by atoms with Gasteiger partial charge in [-0.15, -0.1) is 0 Å². The van der Waals surface area contributed by atoms with Gasteiger partial charge < -0.3 is 9.17 Å². The number of rotatable bonds is 3. The Labute approximate surface area is 111 Å². The minimum atomic E-state index is -2.91. The summed E-state index contributed by atoms with van der Waals surface area (Å²) in [6, 6.07) is 14.6. The topological polar surface area (TPSA) is 72.1 Å². The summed E-state index contributed by atoms with van der Waals surface area (Å²) in [5.74, 6) is 0.994. The zero-order chi connectivity index (χ0) is 13.2. The normalized spacial score (nSPS) is 11.0. The Balaban J connectivity index is 2.06. The molecule has 0 aliphatic rings. The van der Waals surface area contributed by atoms with Crippen molar-refractivity contribution < 1.29 is 12.6 Å². The van der Waals surface area contributed by atoms with Gasteiger partial charge in [-0.1, -0.05) is 30.3 Å².